The number of hydrogen-bond acceptors (Lipinski definition) is 2. The van der Waals surface area contributed by atoms with Gasteiger partial charge in [-0.05, 0) is 13.0 Å². The zero-order valence-electron chi connectivity index (χ0n) is 8.19. The number of aliphatic carboxylic acids is 1. The van der Waals surface area contributed by atoms with Crippen LogP contribution < -0.4 is 0 Å². The van der Waals surface area contributed by atoms with Crippen molar-refractivity contribution < 1.29 is 15.0 Å². The average Bonchev–Trinajstić information content (AvgIpc) is 2.61. The highest BCUT2D eigenvalue weighted by atomic mass is 16.4. The lowest BCUT2D eigenvalue weighted by molar-refractivity contribution is -0.157. The van der Waals surface area contributed by atoms with Gasteiger partial charge in [-0.25, -0.2) is 4.79 Å². The second kappa shape index (κ2) is 3.10. The second-order valence-electron chi connectivity index (χ2n) is 3.63. The molecule has 1 aromatic carbocycles. The van der Waals surface area contributed by atoms with Gasteiger partial charge in [-0.1, -0.05) is 18.2 Å². The summed E-state index contributed by atoms with van der Waals surface area (Å²) in [6.45, 7) is 1.27. The molecule has 2 rings (SSSR count). The van der Waals surface area contributed by atoms with Gasteiger partial charge in [-0.2, -0.15) is 0 Å². The zero-order valence-corrected chi connectivity index (χ0v) is 8.19. The molecule has 1 unspecified atom stereocenters. The number of aliphatic hydroxyl groups is 1. The molecule has 1 heterocycles. The van der Waals surface area contributed by atoms with Crippen LogP contribution in [0.5, 0.6) is 0 Å². The average molecular weight is 205 g/mol. The van der Waals surface area contributed by atoms with E-state index in [0.717, 1.165) is 10.9 Å². The van der Waals surface area contributed by atoms with Gasteiger partial charge >= 0.3 is 5.97 Å². The smallest absolute Gasteiger partial charge is 0.340 e. The van der Waals surface area contributed by atoms with Crippen LogP contribution in [-0.4, -0.2) is 21.2 Å². The van der Waals surface area contributed by atoms with E-state index < -0.39 is 11.6 Å². The molecule has 0 spiro atoms. The van der Waals surface area contributed by atoms with E-state index in [2.05, 4.69) is 4.98 Å². The summed E-state index contributed by atoms with van der Waals surface area (Å²) in [7, 11) is 0. The summed E-state index contributed by atoms with van der Waals surface area (Å²) in [4.78, 5) is 13.8. The Morgan fingerprint density at radius 3 is 2.73 bits per heavy atom. The van der Waals surface area contributed by atoms with Gasteiger partial charge in [0.2, 0.25) is 0 Å². The second-order valence-corrected chi connectivity index (χ2v) is 3.63. The molecule has 15 heavy (non-hydrogen) atoms. The van der Waals surface area contributed by atoms with E-state index in [-0.39, 0.29) is 0 Å². The summed E-state index contributed by atoms with van der Waals surface area (Å²) < 4.78 is 0. The Kier molecular flexibility index (Phi) is 2.01. The SMILES string of the molecule is CC(O)(C(=O)O)c1c[nH]c2ccccc12. The molecule has 0 fully saturated rings. The highest BCUT2D eigenvalue weighted by Gasteiger charge is 2.34. The maximum absolute atomic E-state index is 10.9. The van der Waals surface area contributed by atoms with Crippen LogP contribution >= 0.6 is 0 Å². The number of carboxylic acids is 1. The number of benzene rings is 1. The Morgan fingerprint density at radius 1 is 1.40 bits per heavy atom. The van der Waals surface area contributed by atoms with Crippen molar-refractivity contribution in [3.63, 3.8) is 0 Å². The van der Waals surface area contributed by atoms with E-state index in [1.807, 2.05) is 12.1 Å². The summed E-state index contributed by atoms with van der Waals surface area (Å²) in [5.74, 6) is -1.26. The fraction of sp³-hybridized carbons (Fsp3) is 0.182. The normalized spacial score (nSPS) is 15.1. The van der Waals surface area contributed by atoms with Crippen LogP contribution in [0.25, 0.3) is 10.9 Å². The van der Waals surface area contributed by atoms with E-state index in [9.17, 15) is 9.90 Å². The lowest BCUT2D eigenvalue weighted by Gasteiger charge is -2.16. The Balaban J connectivity index is 2.67. The predicted molar refractivity (Wildman–Crippen MR) is 55.5 cm³/mol. The van der Waals surface area contributed by atoms with Gasteiger partial charge < -0.3 is 15.2 Å². The summed E-state index contributed by atoms with van der Waals surface area (Å²) in [6, 6.07) is 7.25. The monoisotopic (exact) mass is 205 g/mol. The van der Waals surface area contributed by atoms with Gasteiger partial charge in [0.25, 0.3) is 0 Å². The van der Waals surface area contributed by atoms with Gasteiger partial charge in [0, 0.05) is 22.7 Å². The van der Waals surface area contributed by atoms with Crippen LogP contribution in [0.15, 0.2) is 30.5 Å². The standard InChI is InChI=1S/C11H11NO3/c1-11(15,10(13)14)8-6-12-9-5-3-2-4-7(8)9/h2-6,12,15H,1H3,(H,13,14). The Bertz CT molecular complexity index is 513. The molecule has 3 N–H and O–H groups in total. The Labute approximate surface area is 86.2 Å². The molecule has 1 aromatic heterocycles. The number of fused-ring (bicyclic) bond motifs is 1. The van der Waals surface area contributed by atoms with Gasteiger partial charge in [0.1, 0.15) is 0 Å². The summed E-state index contributed by atoms with van der Waals surface area (Å²) >= 11 is 0. The van der Waals surface area contributed by atoms with Crippen molar-refractivity contribution in [3.05, 3.63) is 36.0 Å². The van der Waals surface area contributed by atoms with Gasteiger partial charge in [0.05, 0.1) is 0 Å². The number of carbonyl (C=O) groups is 1. The fourth-order valence-corrected chi connectivity index (χ4v) is 1.59. The molecule has 0 radical (unpaired) electrons. The van der Waals surface area contributed by atoms with Crippen molar-refractivity contribution in [1.29, 1.82) is 0 Å². The molecule has 0 amide bonds. The molecule has 0 aliphatic carbocycles. The Hall–Kier alpha value is -1.81. The maximum Gasteiger partial charge on any atom is 0.340 e. The number of hydrogen-bond donors (Lipinski definition) is 3. The number of rotatable bonds is 2. The van der Waals surface area contributed by atoms with Crippen molar-refractivity contribution in [2.45, 2.75) is 12.5 Å². The minimum atomic E-state index is -1.86. The first-order chi connectivity index (χ1) is 7.03. The number of aromatic amines is 1. The third-order valence-corrected chi connectivity index (χ3v) is 2.53. The van der Waals surface area contributed by atoms with Crippen molar-refractivity contribution in [2.75, 3.05) is 0 Å². The first-order valence-electron chi connectivity index (χ1n) is 4.56. The molecule has 2 aromatic rings. The van der Waals surface area contributed by atoms with Crippen LogP contribution in [0.4, 0.5) is 0 Å². The number of nitrogens with one attached hydrogen (secondary N) is 1. The van der Waals surface area contributed by atoms with E-state index in [1.54, 1.807) is 12.1 Å². The number of H-pyrrole nitrogens is 1. The zero-order chi connectivity index (χ0) is 11.1. The Morgan fingerprint density at radius 2 is 2.07 bits per heavy atom. The first kappa shape index (κ1) is 9.73. The van der Waals surface area contributed by atoms with Crippen LogP contribution in [0.3, 0.4) is 0 Å². The minimum absolute atomic E-state index is 0.380. The highest BCUT2D eigenvalue weighted by Crippen LogP contribution is 2.28. The molecule has 4 nitrogen and oxygen atoms in total. The van der Waals surface area contributed by atoms with E-state index in [1.165, 1.54) is 13.1 Å². The quantitative estimate of drug-likeness (QED) is 0.694. The van der Waals surface area contributed by atoms with Crippen molar-refractivity contribution in [3.8, 4) is 0 Å². The first-order valence-corrected chi connectivity index (χ1v) is 4.56. The van der Waals surface area contributed by atoms with Gasteiger partial charge in [-0.15, -0.1) is 0 Å². The van der Waals surface area contributed by atoms with E-state index in [0.29, 0.717) is 5.56 Å². The molecule has 0 bridgehead atoms. The number of para-hydroxylation sites is 1. The van der Waals surface area contributed by atoms with Crippen molar-refractivity contribution in [1.82, 2.24) is 4.98 Å². The molecule has 4 heteroatoms. The van der Waals surface area contributed by atoms with Crippen LogP contribution in [0.2, 0.25) is 0 Å². The summed E-state index contributed by atoms with van der Waals surface area (Å²) in [6.07, 6.45) is 1.53. The van der Waals surface area contributed by atoms with Crippen molar-refractivity contribution >= 4 is 16.9 Å². The predicted octanol–water partition coefficient (Wildman–Crippen LogP) is 1.46. The molecule has 1 atom stereocenters. The molecule has 0 saturated heterocycles. The largest absolute Gasteiger partial charge is 0.479 e. The van der Waals surface area contributed by atoms with Crippen LogP contribution in [-0.2, 0) is 10.4 Å². The highest BCUT2D eigenvalue weighted by molar-refractivity contribution is 5.90. The van der Waals surface area contributed by atoms with E-state index in [4.69, 9.17) is 5.11 Å². The van der Waals surface area contributed by atoms with Gasteiger partial charge in [0.15, 0.2) is 5.60 Å². The minimum Gasteiger partial charge on any atom is -0.479 e. The molecular weight excluding hydrogens is 194 g/mol. The van der Waals surface area contributed by atoms with Gasteiger partial charge in [-0.3, -0.25) is 0 Å². The molecule has 0 aliphatic rings. The number of aromatic nitrogens is 1. The lowest BCUT2D eigenvalue weighted by Crippen LogP contribution is -2.31. The molecule has 78 valence electrons. The fourth-order valence-electron chi connectivity index (χ4n) is 1.59. The third kappa shape index (κ3) is 1.39. The van der Waals surface area contributed by atoms with Crippen LogP contribution in [0.1, 0.15) is 12.5 Å². The molecule has 0 saturated carbocycles. The summed E-state index contributed by atoms with van der Waals surface area (Å²) in [5.41, 5.74) is -0.667. The molecule has 0 aliphatic heterocycles. The third-order valence-electron chi connectivity index (χ3n) is 2.53. The lowest BCUT2D eigenvalue weighted by atomic mass is 9.96. The van der Waals surface area contributed by atoms with Crippen molar-refractivity contribution in [2.24, 2.45) is 0 Å². The number of carboxylic acid groups (broad SMARTS) is 1. The molecular formula is C11H11NO3. The van der Waals surface area contributed by atoms with E-state index >= 15 is 0 Å². The maximum atomic E-state index is 10.9. The van der Waals surface area contributed by atoms with Crippen LogP contribution in [0, 0.1) is 0 Å². The topological polar surface area (TPSA) is 73.3 Å². The summed E-state index contributed by atoms with van der Waals surface area (Å²) in [5, 5.41) is 19.5.